The summed E-state index contributed by atoms with van der Waals surface area (Å²) < 4.78 is 13.3. The van der Waals surface area contributed by atoms with Crippen LogP contribution in [-0.2, 0) is 4.79 Å². The second-order valence-corrected chi connectivity index (χ2v) is 8.73. The summed E-state index contributed by atoms with van der Waals surface area (Å²) in [5.74, 6) is -0.709. The Hall–Kier alpha value is -3.37. The van der Waals surface area contributed by atoms with Crippen LogP contribution in [0.4, 0.5) is 15.8 Å². The summed E-state index contributed by atoms with van der Waals surface area (Å²) in [5, 5.41) is 16.5. The largest absolute Gasteiger partial charge is 0.319 e. The number of carbonyl (C=O) groups excluding carboxylic acids is 1. The van der Waals surface area contributed by atoms with Crippen molar-refractivity contribution in [1.82, 2.24) is 9.97 Å². The van der Waals surface area contributed by atoms with E-state index >= 15 is 0 Å². The molecule has 0 aliphatic carbocycles. The van der Waals surface area contributed by atoms with Crippen LogP contribution in [0.3, 0.4) is 0 Å². The Balaban J connectivity index is 1.61. The van der Waals surface area contributed by atoms with Crippen molar-refractivity contribution in [2.45, 2.75) is 17.2 Å². The summed E-state index contributed by atoms with van der Waals surface area (Å²) in [4.78, 5) is 32.8. The molecule has 1 N–H and O–H groups in total. The number of nitrogens with one attached hydrogen (secondary N) is 1. The number of fused-ring (bicyclic) bond motifs is 1. The predicted molar refractivity (Wildman–Crippen MR) is 120 cm³/mol. The minimum Gasteiger partial charge on any atom is -0.319 e. The van der Waals surface area contributed by atoms with Crippen LogP contribution in [0.15, 0.2) is 65.3 Å². The molecule has 0 saturated heterocycles. The molecule has 10 heteroatoms. The number of halogens is 1. The summed E-state index contributed by atoms with van der Waals surface area (Å²) in [5.41, 5.74) is 1.64. The van der Waals surface area contributed by atoms with Gasteiger partial charge in [-0.1, -0.05) is 36.0 Å². The maximum Gasteiger partial charge on any atom is 0.292 e. The molecular formula is C21H15FN4O3S2. The van der Waals surface area contributed by atoms with E-state index in [2.05, 4.69) is 15.3 Å². The Kier molecular flexibility index (Phi) is 5.92. The van der Waals surface area contributed by atoms with E-state index in [-0.39, 0.29) is 23.1 Å². The van der Waals surface area contributed by atoms with Crippen LogP contribution in [0.25, 0.3) is 21.3 Å². The number of benzene rings is 2. The highest BCUT2D eigenvalue weighted by molar-refractivity contribution is 8.00. The van der Waals surface area contributed by atoms with Gasteiger partial charge in [0.15, 0.2) is 0 Å². The van der Waals surface area contributed by atoms with Gasteiger partial charge in [-0.2, -0.15) is 0 Å². The molecule has 0 radical (unpaired) electrons. The van der Waals surface area contributed by atoms with Crippen molar-refractivity contribution in [2.75, 3.05) is 5.32 Å². The number of amides is 1. The van der Waals surface area contributed by atoms with Crippen molar-refractivity contribution in [3.63, 3.8) is 0 Å². The molecule has 1 amide bonds. The third-order valence-electron chi connectivity index (χ3n) is 4.51. The molecule has 2 aromatic carbocycles. The first-order valence-corrected chi connectivity index (χ1v) is 10.9. The molecule has 0 fully saturated rings. The van der Waals surface area contributed by atoms with Crippen LogP contribution in [0, 0.1) is 15.9 Å². The molecule has 0 saturated carbocycles. The molecule has 2 heterocycles. The van der Waals surface area contributed by atoms with Crippen molar-refractivity contribution in [3.05, 3.63) is 76.2 Å². The van der Waals surface area contributed by atoms with Crippen molar-refractivity contribution in [1.29, 1.82) is 0 Å². The third kappa shape index (κ3) is 4.39. The zero-order valence-corrected chi connectivity index (χ0v) is 17.7. The van der Waals surface area contributed by atoms with Crippen molar-refractivity contribution < 1.29 is 14.1 Å². The Bertz CT molecular complexity index is 1280. The van der Waals surface area contributed by atoms with Gasteiger partial charge in [0, 0.05) is 17.0 Å². The summed E-state index contributed by atoms with van der Waals surface area (Å²) in [7, 11) is 0. The minimum atomic E-state index is -0.584. The number of thioether (sulfide) groups is 1. The van der Waals surface area contributed by atoms with Gasteiger partial charge in [0.2, 0.25) is 5.91 Å². The number of aromatic nitrogens is 2. The first-order valence-electron chi connectivity index (χ1n) is 9.13. The first kappa shape index (κ1) is 20.9. The van der Waals surface area contributed by atoms with Gasteiger partial charge in [-0.3, -0.25) is 14.9 Å². The van der Waals surface area contributed by atoms with Gasteiger partial charge >= 0.3 is 0 Å². The van der Waals surface area contributed by atoms with E-state index in [9.17, 15) is 19.3 Å². The van der Waals surface area contributed by atoms with Crippen LogP contribution >= 0.6 is 23.1 Å². The highest BCUT2D eigenvalue weighted by atomic mass is 32.2. The Labute approximate surface area is 184 Å². The second kappa shape index (κ2) is 8.78. The molecule has 1 unspecified atom stereocenters. The number of nitrogens with zero attached hydrogens (tertiary/aromatic N) is 3. The highest BCUT2D eigenvalue weighted by Crippen LogP contribution is 2.39. The number of nitro benzene ring substituents is 1. The number of hydrogen-bond acceptors (Lipinski definition) is 7. The number of anilines is 1. The number of nitro groups is 1. The van der Waals surface area contributed by atoms with Crippen LogP contribution in [0.1, 0.15) is 6.92 Å². The van der Waals surface area contributed by atoms with E-state index in [0.29, 0.717) is 5.03 Å². The molecule has 7 nitrogen and oxygen atoms in total. The summed E-state index contributed by atoms with van der Waals surface area (Å²) >= 11 is 2.67. The Morgan fingerprint density at radius 1 is 1.19 bits per heavy atom. The Morgan fingerprint density at radius 3 is 2.68 bits per heavy atom. The monoisotopic (exact) mass is 454 g/mol. The average molecular weight is 455 g/mol. The highest BCUT2D eigenvalue weighted by Gasteiger charge is 2.22. The topological polar surface area (TPSA) is 98.0 Å². The van der Waals surface area contributed by atoms with E-state index in [1.54, 1.807) is 25.1 Å². The second-order valence-electron chi connectivity index (χ2n) is 6.54. The number of hydrogen-bond donors (Lipinski definition) is 1. The quantitative estimate of drug-likeness (QED) is 0.178. The summed E-state index contributed by atoms with van der Waals surface area (Å²) in [6.45, 7) is 1.70. The number of rotatable bonds is 6. The normalized spacial score (nSPS) is 11.9. The minimum absolute atomic E-state index is 0.139. The SMILES string of the molecule is CC(Sc1ncnc2scc(-c3ccc(F)cc3)c12)C(=O)Nc1ccccc1[N+](=O)[O-]. The van der Waals surface area contributed by atoms with Crippen molar-refractivity contribution in [2.24, 2.45) is 0 Å². The van der Waals surface area contributed by atoms with Crippen LogP contribution < -0.4 is 5.32 Å². The van der Waals surface area contributed by atoms with Gasteiger partial charge in [0.05, 0.1) is 15.6 Å². The Morgan fingerprint density at radius 2 is 1.94 bits per heavy atom. The van der Waals surface area contributed by atoms with Gasteiger partial charge < -0.3 is 5.32 Å². The first-order chi connectivity index (χ1) is 14.9. The van der Waals surface area contributed by atoms with E-state index < -0.39 is 10.2 Å². The zero-order chi connectivity index (χ0) is 22.0. The molecular weight excluding hydrogens is 439 g/mol. The third-order valence-corrected chi connectivity index (χ3v) is 6.49. The maximum atomic E-state index is 13.3. The smallest absolute Gasteiger partial charge is 0.292 e. The number of carbonyl (C=O) groups is 1. The van der Waals surface area contributed by atoms with Crippen molar-refractivity contribution in [3.8, 4) is 11.1 Å². The fraction of sp³-hybridized carbons (Fsp3) is 0.0952. The van der Waals surface area contributed by atoms with E-state index in [1.165, 1.54) is 59.8 Å². The van der Waals surface area contributed by atoms with E-state index in [1.807, 2.05) is 5.38 Å². The van der Waals surface area contributed by atoms with E-state index in [0.717, 1.165) is 21.3 Å². The van der Waals surface area contributed by atoms with Gasteiger partial charge in [-0.15, -0.1) is 11.3 Å². The van der Waals surface area contributed by atoms with Crippen LogP contribution in [-0.4, -0.2) is 26.0 Å². The summed E-state index contributed by atoms with van der Waals surface area (Å²) in [6, 6.07) is 12.1. The van der Waals surface area contributed by atoms with Crippen molar-refractivity contribution >= 4 is 50.6 Å². The molecule has 0 aliphatic heterocycles. The molecule has 0 aliphatic rings. The van der Waals surface area contributed by atoms with Gasteiger partial charge in [0.1, 0.15) is 27.7 Å². The lowest BCUT2D eigenvalue weighted by Crippen LogP contribution is -2.23. The fourth-order valence-electron chi connectivity index (χ4n) is 2.97. The molecule has 4 rings (SSSR count). The van der Waals surface area contributed by atoms with Gasteiger partial charge in [0.25, 0.3) is 5.69 Å². The maximum absolute atomic E-state index is 13.3. The van der Waals surface area contributed by atoms with Gasteiger partial charge in [-0.25, -0.2) is 14.4 Å². The molecule has 1 atom stereocenters. The lowest BCUT2D eigenvalue weighted by molar-refractivity contribution is -0.383. The van der Waals surface area contributed by atoms with Gasteiger partial charge in [-0.05, 0) is 30.7 Å². The number of thiophene rings is 1. The predicted octanol–water partition coefficient (Wildman–Crippen LogP) is 5.52. The van der Waals surface area contributed by atoms with Crippen LogP contribution in [0.2, 0.25) is 0 Å². The average Bonchev–Trinajstić information content (AvgIpc) is 3.19. The molecule has 4 aromatic rings. The number of para-hydroxylation sites is 2. The molecule has 2 aromatic heterocycles. The van der Waals surface area contributed by atoms with E-state index in [4.69, 9.17) is 0 Å². The fourth-order valence-corrected chi connectivity index (χ4v) is 4.89. The lowest BCUT2D eigenvalue weighted by Gasteiger charge is -2.13. The standard InChI is InChI=1S/C21H15FN4O3S2/c1-12(19(27)25-16-4-2-3-5-17(16)26(28)29)31-21-18-15(10-30-20(18)23-11-24-21)13-6-8-14(22)9-7-13/h2-12H,1H3,(H,25,27). The summed E-state index contributed by atoms with van der Waals surface area (Å²) in [6.07, 6.45) is 1.43. The zero-order valence-electron chi connectivity index (χ0n) is 16.1. The molecule has 31 heavy (non-hydrogen) atoms. The lowest BCUT2D eigenvalue weighted by atomic mass is 10.1. The molecule has 0 spiro atoms. The molecule has 0 bridgehead atoms. The van der Waals surface area contributed by atoms with Crippen LogP contribution in [0.5, 0.6) is 0 Å². The molecule has 156 valence electrons.